The van der Waals surface area contributed by atoms with E-state index in [-0.39, 0.29) is 0 Å². The van der Waals surface area contributed by atoms with E-state index in [1.165, 1.54) is 0 Å². The first-order valence-electron chi connectivity index (χ1n) is 5.89. The summed E-state index contributed by atoms with van der Waals surface area (Å²) in [7, 11) is 0. The Morgan fingerprint density at radius 1 is 0.938 bits per heavy atom. The Bertz CT molecular complexity index is 322. The number of rotatable bonds is 4. The van der Waals surface area contributed by atoms with Gasteiger partial charge in [0.2, 0.25) is 0 Å². The lowest BCUT2D eigenvalue weighted by atomic mass is 9.87. The van der Waals surface area contributed by atoms with Crippen molar-refractivity contribution in [1.29, 1.82) is 0 Å². The fraction of sp³-hybridized carbons (Fsp3) is 0.571. The van der Waals surface area contributed by atoms with Crippen LogP contribution in [0.25, 0.3) is 0 Å². The van der Waals surface area contributed by atoms with Crippen LogP contribution in [0.2, 0.25) is 0 Å². The van der Waals surface area contributed by atoms with Crippen LogP contribution in [0.3, 0.4) is 0 Å². The van der Waals surface area contributed by atoms with Gasteiger partial charge in [-0.05, 0) is 37.8 Å². The molecule has 90 valence electrons. The van der Waals surface area contributed by atoms with E-state index in [0.717, 1.165) is 11.1 Å². The second-order valence-corrected chi connectivity index (χ2v) is 4.84. The summed E-state index contributed by atoms with van der Waals surface area (Å²) in [6.45, 7) is 7.49. The highest BCUT2D eigenvalue weighted by Crippen LogP contribution is 2.30. The summed E-state index contributed by atoms with van der Waals surface area (Å²) in [6, 6.07) is 7.59. The minimum absolute atomic E-state index is 0.657. The van der Waals surface area contributed by atoms with Crippen LogP contribution < -0.4 is 0 Å². The molecule has 0 aromatic heterocycles. The van der Waals surface area contributed by atoms with Crippen molar-refractivity contribution in [2.24, 2.45) is 0 Å². The highest BCUT2D eigenvalue weighted by Gasteiger charge is 2.25. The highest BCUT2D eigenvalue weighted by atomic mass is 16.3. The van der Waals surface area contributed by atoms with Gasteiger partial charge in [0.15, 0.2) is 0 Å². The van der Waals surface area contributed by atoms with E-state index in [2.05, 4.69) is 0 Å². The molecule has 0 spiro atoms. The van der Waals surface area contributed by atoms with E-state index in [0.29, 0.717) is 12.8 Å². The molecule has 2 atom stereocenters. The van der Waals surface area contributed by atoms with Gasteiger partial charge in [0.1, 0.15) is 0 Å². The topological polar surface area (TPSA) is 40.5 Å². The fourth-order valence-electron chi connectivity index (χ4n) is 1.60. The van der Waals surface area contributed by atoms with Gasteiger partial charge in [0.25, 0.3) is 0 Å². The monoisotopic (exact) mass is 222 g/mol. The van der Waals surface area contributed by atoms with Gasteiger partial charge in [0.05, 0.1) is 11.2 Å². The zero-order chi connectivity index (χ0) is 12.4. The largest absolute Gasteiger partial charge is 0.385 e. The molecule has 2 N–H and O–H groups in total. The first-order valence-corrected chi connectivity index (χ1v) is 5.89. The van der Waals surface area contributed by atoms with E-state index in [1.54, 1.807) is 13.8 Å². The average molecular weight is 222 g/mol. The second kappa shape index (κ2) is 4.56. The molecule has 16 heavy (non-hydrogen) atoms. The summed E-state index contributed by atoms with van der Waals surface area (Å²) in [5, 5.41) is 20.4. The summed E-state index contributed by atoms with van der Waals surface area (Å²) < 4.78 is 0. The van der Waals surface area contributed by atoms with Crippen LogP contribution >= 0.6 is 0 Å². The van der Waals surface area contributed by atoms with Crippen molar-refractivity contribution in [3.63, 3.8) is 0 Å². The molecule has 1 aromatic carbocycles. The number of hydrogen-bond acceptors (Lipinski definition) is 2. The van der Waals surface area contributed by atoms with Crippen LogP contribution in [0.5, 0.6) is 0 Å². The third kappa shape index (κ3) is 2.63. The average Bonchev–Trinajstić information content (AvgIpc) is 2.29. The minimum Gasteiger partial charge on any atom is -0.385 e. The van der Waals surface area contributed by atoms with E-state index >= 15 is 0 Å². The SMILES string of the molecule is CCC(C)(O)c1cccc(C(C)(O)CC)c1. The Hall–Kier alpha value is -0.860. The Morgan fingerprint density at radius 2 is 1.31 bits per heavy atom. The molecule has 0 bridgehead atoms. The first kappa shape index (κ1) is 13.2. The first-order chi connectivity index (χ1) is 7.33. The van der Waals surface area contributed by atoms with Crippen molar-refractivity contribution >= 4 is 0 Å². The highest BCUT2D eigenvalue weighted by molar-refractivity contribution is 5.31. The minimum atomic E-state index is -0.820. The van der Waals surface area contributed by atoms with Crippen molar-refractivity contribution in [3.05, 3.63) is 35.4 Å². The Balaban J connectivity index is 3.14. The molecule has 0 aliphatic rings. The van der Waals surface area contributed by atoms with E-state index in [1.807, 2.05) is 38.1 Å². The van der Waals surface area contributed by atoms with Gasteiger partial charge in [-0.3, -0.25) is 0 Å². The smallest absolute Gasteiger partial charge is 0.0866 e. The Morgan fingerprint density at radius 3 is 1.62 bits per heavy atom. The predicted octanol–water partition coefficient (Wildman–Crippen LogP) is 2.92. The van der Waals surface area contributed by atoms with Crippen LogP contribution in [0.15, 0.2) is 24.3 Å². The summed E-state index contributed by atoms with van der Waals surface area (Å²) in [5.74, 6) is 0. The second-order valence-electron chi connectivity index (χ2n) is 4.84. The number of aliphatic hydroxyl groups is 2. The summed E-state index contributed by atoms with van der Waals surface area (Å²) in [6.07, 6.45) is 1.31. The lowest BCUT2D eigenvalue weighted by Gasteiger charge is -2.26. The summed E-state index contributed by atoms with van der Waals surface area (Å²) in [4.78, 5) is 0. The van der Waals surface area contributed by atoms with Crippen LogP contribution in [-0.4, -0.2) is 10.2 Å². The normalized spacial score (nSPS) is 18.9. The van der Waals surface area contributed by atoms with Gasteiger partial charge in [-0.15, -0.1) is 0 Å². The molecule has 0 amide bonds. The molecule has 2 heteroatoms. The molecule has 0 aliphatic heterocycles. The molecule has 1 aromatic rings. The third-order valence-electron chi connectivity index (χ3n) is 3.48. The van der Waals surface area contributed by atoms with Gasteiger partial charge in [-0.25, -0.2) is 0 Å². The lowest BCUT2D eigenvalue weighted by Crippen LogP contribution is -2.23. The fourth-order valence-corrected chi connectivity index (χ4v) is 1.60. The maximum atomic E-state index is 10.2. The van der Waals surface area contributed by atoms with Crippen LogP contribution in [0.1, 0.15) is 51.7 Å². The number of hydrogen-bond donors (Lipinski definition) is 2. The zero-order valence-corrected chi connectivity index (χ0v) is 10.6. The Kier molecular flexibility index (Phi) is 3.76. The molecule has 0 aliphatic carbocycles. The molecule has 2 unspecified atom stereocenters. The zero-order valence-electron chi connectivity index (χ0n) is 10.6. The third-order valence-corrected chi connectivity index (χ3v) is 3.48. The van der Waals surface area contributed by atoms with Crippen molar-refractivity contribution in [3.8, 4) is 0 Å². The molecular formula is C14H22O2. The molecule has 0 heterocycles. The van der Waals surface area contributed by atoms with Gasteiger partial charge in [-0.2, -0.15) is 0 Å². The molecule has 0 radical (unpaired) electrons. The summed E-state index contributed by atoms with van der Waals surface area (Å²) in [5.41, 5.74) is 0.0853. The van der Waals surface area contributed by atoms with E-state index in [4.69, 9.17) is 0 Å². The molecule has 0 fully saturated rings. The van der Waals surface area contributed by atoms with Crippen molar-refractivity contribution < 1.29 is 10.2 Å². The quantitative estimate of drug-likeness (QED) is 0.822. The lowest BCUT2D eigenvalue weighted by molar-refractivity contribution is 0.0463. The molecule has 2 nitrogen and oxygen atoms in total. The molecule has 0 saturated carbocycles. The van der Waals surface area contributed by atoms with Crippen molar-refractivity contribution in [1.82, 2.24) is 0 Å². The van der Waals surface area contributed by atoms with Crippen LogP contribution in [0, 0.1) is 0 Å². The van der Waals surface area contributed by atoms with Gasteiger partial charge < -0.3 is 10.2 Å². The maximum Gasteiger partial charge on any atom is 0.0866 e. The van der Waals surface area contributed by atoms with Gasteiger partial charge in [-0.1, -0.05) is 38.1 Å². The predicted molar refractivity (Wildman–Crippen MR) is 66.2 cm³/mol. The van der Waals surface area contributed by atoms with E-state index in [9.17, 15) is 10.2 Å². The van der Waals surface area contributed by atoms with E-state index < -0.39 is 11.2 Å². The molecular weight excluding hydrogens is 200 g/mol. The van der Waals surface area contributed by atoms with Crippen LogP contribution in [0.4, 0.5) is 0 Å². The maximum absolute atomic E-state index is 10.2. The number of benzene rings is 1. The molecule has 1 rings (SSSR count). The summed E-state index contributed by atoms with van der Waals surface area (Å²) >= 11 is 0. The molecule has 0 saturated heterocycles. The van der Waals surface area contributed by atoms with Crippen molar-refractivity contribution in [2.75, 3.05) is 0 Å². The standard InChI is InChI=1S/C14H22O2/c1-5-13(3,15)11-8-7-9-12(10-11)14(4,16)6-2/h7-10,15-16H,5-6H2,1-4H3. The Labute approximate surface area is 97.9 Å². The van der Waals surface area contributed by atoms with Gasteiger partial charge in [0, 0.05) is 0 Å². The van der Waals surface area contributed by atoms with Gasteiger partial charge >= 0.3 is 0 Å². The van der Waals surface area contributed by atoms with Crippen molar-refractivity contribution in [2.45, 2.75) is 51.7 Å². The van der Waals surface area contributed by atoms with Crippen LogP contribution in [-0.2, 0) is 11.2 Å².